The summed E-state index contributed by atoms with van der Waals surface area (Å²) >= 11 is 12.1. The molecule has 0 aliphatic carbocycles. The minimum Gasteiger partial charge on any atom is -0.331 e. The Morgan fingerprint density at radius 3 is 2.42 bits per heavy atom. The van der Waals surface area contributed by atoms with Crippen molar-refractivity contribution in [2.45, 2.75) is 58.0 Å². The maximum Gasteiger partial charge on any atom is 0.419 e. The number of aromatic nitrogens is 4. The molecule has 0 bridgehead atoms. The molecule has 2 aliphatic rings. The molecule has 0 N–H and O–H groups in total. The van der Waals surface area contributed by atoms with Crippen LogP contribution in [0.3, 0.4) is 0 Å². The predicted octanol–water partition coefficient (Wildman–Crippen LogP) is 5.36. The Morgan fingerprint density at radius 2 is 1.79 bits per heavy atom. The zero-order chi connectivity index (χ0) is 27.5. The lowest BCUT2D eigenvalue weighted by molar-refractivity contribution is -0.138. The maximum absolute atomic E-state index is 13.7. The third-order valence-corrected chi connectivity index (χ3v) is 7.79. The first-order valence-electron chi connectivity index (χ1n) is 11.9. The SMILES string of the molecule is C[C@@H]1Cc2nn3c(c2CN1C(=O)c1ccc(Cl)c(Cl)c1)C(=O)N([C@@H](C)c1ncc(C(F)(F)F)cn1)C[C@H]3C. The number of alkyl halides is 3. The van der Waals surface area contributed by atoms with Crippen molar-refractivity contribution >= 4 is 35.0 Å². The minimum atomic E-state index is -4.55. The molecule has 3 atom stereocenters. The largest absolute Gasteiger partial charge is 0.419 e. The summed E-state index contributed by atoms with van der Waals surface area (Å²) in [5.74, 6) is -0.490. The molecule has 8 nitrogen and oxygen atoms in total. The van der Waals surface area contributed by atoms with Crippen LogP contribution >= 0.6 is 23.2 Å². The molecular formula is C25H23Cl2F3N6O2. The van der Waals surface area contributed by atoms with Gasteiger partial charge in [-0.3, -0.25) is 14.3 Å². The van der Waals surface area contributed by atoms with Crippen molar-refractivity contribution in [2.24, 2.45) is 0 Å². The molecule has 0 fully saturated rings. The van der Waals surface area contributed by atoms with Crippen molar-refractivity contribution in [1.82, 2.24) is 29.5 Å². The fourth-order valence-electron chi connectivity index (χ4n) is 4.93. The summed E-state index contributed by atoms with van der Waals surface area (Å²) < 4.78 is 40.5. The summed E-state index contributed by atoms with van der Waals surface area (Å²) in [5.41, 5.74) is 1.17. The molecule has 0 unspecified atom stereocenters. The molecule has 2 amide bonds. The molecule has 0 radical (unpaired) electrons. The molecule has 38 heavy (non-hydrogen) atoms. The van der Waals surface area contributed by atoms with Gasteiger partial charge in [0.25, 0.3) is 11.8 Å². The lowest BCUT2D eigenvalue weighted by atomic mass is 9.97. The number of rotatable bonds is 3. The third kappa shape index (κ3) is 4.51. The summed E-state index contributed by atoms with van der Waals surface area (Å²) in [4.78, 5) is 38.1. The molecule has 3 aromatic rings. The highest BCUT2D eigenvalue weighted by atomic mass is 35.5. The fraction of sp³-hybridized carbons (Fsp3) is 0.400. The van der Waals surface area contributed by atoms with E-state index in [-0.39, 0.29) is 47.8 Å². The molecular weight excluding hydrogens is 544 g/mol. The smallest absolute Gasteiger partial charge is 0.331 e. The van der Waals surface area contributed by atoms with Gasteiger partial charge in [0.05, 0.1) is 39.9 Å². The summed E-state index contributed by atoms with van der Waals surface area (Å²) in [5, 5.41) is 5.32. The van der Waals surface area contributed by atoms with Gasteiger partial charge < -0.3 is 9.80 Å². The number of carbonyl (C=O) groups is 2. The van der Waals surface area contributed by atoms with E-state index in [0.29, 0.717) is 28.3 Å². The van der Waals surface area contributed by atoms with Gasteiger partial charge in [0.2, 0.25) is 0 Å². The van der Waals surface area contributed by atoms with Gasteiger partial charge in [0.15, 0.2) is 0 Å². The van der Waals surface area contributed by atoms with E-state index in [9.17, 15) is 22.8 Å². The zero-order valence-corrected chi connectivity index (χ0v) is 22.1. The third-order valence-electron chi connectivity index (χ3n) is 7.05. The molecule has 0 saturated carbocycles. The normalized spacial score (nSPS) is 20.3. The van der Waals surface area contributed by atoms with Crippen LogP contribution in [0.1, 0.15) is 76.3 Å². The molecule has 5 rings (SSSR count). The van der Waals surface area contributed by atoms with E-state index >= 15 is 0 Å². The highest BCUT2D eigenvalue weighted by Gasteiger charge is 2.41. The quantitative estimate of drug-likeness (QED) is 0.426. The number of amides is 2. The van der Waals surface area contributed by atoms with Crippen LogP contribution in [0.4, 0.5) is 13.2 Å². The number of fused-ring (bicyclic) bond motifs is 3. The number of carbonyl (C=O) groups excluding carboxylic acids is 2. The Morgan fingerprint density at radius 1 is 1.11 bits per heavy atom. The van der Waals surface area contributed by atoms with Crippen LogP contribution in [0.15, 0.2) is 30.6 Å². The van der Waals surface area contributed by atoms with Crippen LogP contribution in [0.5, 0.6) is 0 Å². The number of halogens is 5. The van der Waals surface area contributed by atoms with Crippen LogP contribution in [0, 0.1) is 0 Å². The van der Waals surface area contributed by atoms with Crippen LogP contribution in [0.25, 0.3) is 0 Å². The highest BCUT2D eigenvalue weighted by Crippen LogP contribution is 2.35. The number of hydrogen-bond donors (Lipinski definition) is 0. The summed E-state index contributed by atoms with van der Waals surface area (Å²) in [6.07, 6.45) is -2.66. The molecule has 0 spiro atoms. The lowest BCUT2D eigenvalue weighted by Gasteiger charge is -2.37. The van der Waals surface area contributed by atoms with Crippen molar-refractivity contribution in [3.63, 3.8) is 0 Å². The maximum atomic E-state index is 13.7. The Hall–Kier alpha value is -3.18. The molecule has 2 aliphatic heterocycles. The second-order valence-electron chi connectivity index (χ2n) is 9.64. The molecule has 200 valence electrons. The molecule has 13 heteroatoms. The van der Waals surface area contributed by atoms with Crippen molar-refractivity contribution in [3.05, 3.63) is 74.5 Å². The summed E-state index contributed by atoms with van der Waals surface area (Å²) in [6.45, 7) is 5.94. The van der Waals surface area contributed by atoms with Gasteiger partial charge in [-0.1, -0.05) is 23.2 Å². The Labute approximate surface area is 226 Å². The van der Waals surface area contributed by atoms with E-state index in [4.69, 9.17) is 28.3 Å². The number of nitrogens with zero attached hydrogens (tertiary/aromatic N) is 6. The average molecular weight is 567 g/mol. The Kier molecular flexibility index (Phi) is 6.63. The lowest BCUT2D eigenvalue weighted by Crippen LogP contribution is -2.46. The van der Waals surface area contributed by atoms with E-state index in [1.165, 1.54) is 11.0 Å². The van der Waals surface area contributed by atoms with Crippen LogP contribution in [-0.4, -0.2) is 53.9 Å². The van der Waals surface area contributed by atoms with Gasteiger partial charge >= 0.3 is 6.18 Å². The van der Waals surface area contributed by atoms with Crippen molar-refractivity contribution in [1.29, 1.82) is 0 Å². The van der Waals surface area contributed by atoms with Gasteiger partial charge in [-0.05, 0) is 39.0 Å². The number of benzene rings is 1. The summed E-state index contributed by atoms with van der Waals surface area (Å²) in [6, 6.07) is 3.62. The van der Waals surface area contributed by atoms with Gasteiger partial charge in [0.1, 0.15) is 11.5 Å². The first-order valence-corrected chi connectivity index (χ1v) is 12.7. The predicted molar refractivity (Wildman–Crippen MR) is 133 cm³/mol. The van der Waals surface area contributed by atoms with Crippen LogP contribution in [0.2, 0.25) is 10.0 Å². The Bertz CT molecular complexity index is 1430. The topological polar surface area (TPSA) is 84.2 Å². The average Bonchev–Trinajstić information content (AvgIpc) is 3.25. The standard InChI is InChI=1S/C25H23Cl2F3N6O2/c1-12-6-20-17(11-34(12)23(37)15-4-5-18(26)19(27)7-15)21-24(38)35(10-13(2)36(21)33-20)14(3)22-31-8-16(9-32-22)25(28,29)30/h4-5,7-9,12-14H,6,10-11H2,1-3H3/t12-,13-,14+/m1/s1. The highest BCUT2D eigenvalue weighted by molar-refractivity contribution is 6.42. The van der Waals surface area contributed by atoms with Gasteiger partial charge in [-0.15, -0.1) is 0 Å². The van der Waals surface area contributed by atoms with Crippen molar-refractivity contribution < 1.29 is 22.8 Å². The molecule has 4 heterocycles. The monoisotopic (exact) mass is 566 g/mol. The molecule has 1 aromatic carbocycles. The van der Waals surface area contributed by atoms with E-state index < -0.39 is 17.8 Å². The van der Waals surface area contributed by atoms with Crippen LogP contribution in [-0.2, 0) is 19.1 Å². The second kappa shape index (κ2) is 9.53. The van der Waals surface area contributed by atoms with E-state index in [0.717, 1.165) is 18.1 Å². The molecule has 2 aromatic heterocycles. The van der Waals surface area contributed by atoms with Gasteiger partial charge in [-0.2, -0.15) is 18.3 Å². The van der Waals surface area contributed by atoms with Crippen LogP contribution < -0.4 is 0 Å². The second-order valence-corrected chi connectivity index (χ2v) is 10.5. The van der Waals surface area contributed by atoms with E-state index in [1.54, 1.807) is 28.6 Å². The first kappa shape index (κ1) is 26.4. The number of hydrogen-bond acceptors (Lipinski definition) is 5. The fourth-order valence-corrected chi connectivity index (χ4v) is 5.23. The van der Waals surface area contributed by atoms with Gasteiger partial charge in [0, 0.05) is 42.5 Å². The van der Waals surface area contributed by atoms with Crippen molar-refractivity contribution in [2.75, 3.05) is 6.54 Å². The molecule has 0 saturated heterocycles. The Balaban J connectivity index is 1.45. The summed E-state index contributed by atoms with van der Waals surface area (Å²) in [7, 11) is 0. The first-order chi connectivity index (χ1) is 17.9. The van der Waals surface area contributed by atoms with Crippen molar-refractivity contribution in [3.8, 4) is 0 Å². The van der Waals surface area contributed by atoms with E-state index in [2.05, 4.69) is 9.97 Å². The minimum absolute atomic E-state index is 0.102. The van der Waals surface area contributed by atoms with Gasteiger partial charge in [-0.25, -0.2) is 9.97 Å². The zero-order valence-electron chi connectivity index (χ0n) is 20.6. The van der Waals surface area contributed by atoms with E-state index in [1.807, 2.05) is 13.8 Å².